The Labute approximate surface area is 114 Å². The van der Waals surface area contributed by atoms with Gasteiger partial charge in [0.15, 0.2) is 0 Å². The Hall–Kier alpha value is -1.92. The Morgan fingerprint density at radius 2 is 1.95 bits per heavy atom. The van der Waals surface area contributed by atoms with Gasteiger partial charge in [-0.15, -0.1) is 0 Å². The molecule has 0 aliphatic heterocycles. The summed E-state index contributed by atoms with van der Waals surface area (Å²) >= 11 is 1.41. The third-order valence-electron chi connectivity index (χ3n) is 2.51. The summed E-state index contributed by atoms with van der Waals surface area (Å²) in [7, 11) is 0. The molecule has 98 valence electrons. The number of aliphatic hydroxyl groups is 1. The summed E-state index contributed by atoms with van der Waals surface area (Å²) in [5, 5.41) is 20.7. The fraction of sp³-hybridized carbons (Fsp3) is 0.154. The minimum atomic E-state index is -0.536. The van der Waals surface area contributed by atoms with Crippen LogP contribution in [-0.2, 0) is 0 Å². The van der Waals surface area contributed by atoms with E-state index in [0.717, 1.165) is 15.5 Å². The number of hydrogen-bond acceptors (Lipinski definition) is 5. The van der Waals surface area contributed by atoms with Gasteiger partial charge in [0.05, 0.1) is 11.0 Å². The smallest absolute Gasteiger partial charge is 0.269 e. The monoisotopic (exact) mass is 276 g/mol. The van der Waals surface area contributed by atoms with E-state index in [1.165, 1.54) is 23.9 Å². The summed E-state index contributed by atoms with van der Waals surface area (Å²) in [5.74, 6) is 0. The van der Waals surface area contributed by atoms with Crippen LogP contribution in [0.5, 0.6) is 0 Å². The molecule has 2 aromatic rings. The molecule has 1 aromatic carbocycles. The maximum absolute atomic E-state index is 10.5. The van der Waals surface area contributed by atoms with Crippen LogP contribution in [0, 0.1) is 10.1 Å². The van der Waals surface area contributed by atoms with E-state index in [4.69, 9.17) is 0 Å². The molecule has 5 nitrogen and oxygen atoms in total. The number of benzene rings is 1. The van der Waals surface area contributed by atoms with E-state index in [2.05, 4.69) is 4.98 Å². The lowest BCUT2D eigenvalue weighted by molar-refractivity contribution is -0.384. The third-order valence-corrected chi connectivity index (χ3v) is 3.47. The van der Waals surface area contributed by atoms with Crippen LogP contribution >= 0.6 is 11.8 Å². The van der Waals surface area contributed by atoms with Crippen molar-refractivity contribution in [2.24, 2.45) is 0 Å². The quantitative estimate of drug-likeness (QED) is 0.685. The van der Waals surface area contributed by atoms with E-state index >= 15 is 0 Å². The summed E-state index contributed by atoms with van der Waals surface area (Å²) in [6, 6.07) is 9.93. The predicted molar refractivity (Wildman–Crippen MR) is 72.1 cm³/mol. The molecule has 1 N–H and O–H groups in total. The fourth-order valence-electron chi connectivity index (χ4n) is 1.46. The first-order valence-electron chi connectivity index (χ1n) is 5.62. The van der Waals surface area contributed by atoms with E-state index in [9.17, 15) is 15.2 Å². The van der Waals surface area contributed by atoms with E-state index in [-0.39, 0.29) is 5.69 Å². The highest BCUT2D eigenvalue weighted by Gasteiger charge is 2.06. The number of aromatic nitrogens is 1. The van der Waals surface area contributed by atoms with Crippen molar-refractivity contribution in [3.05, 3.63) is 58.3 Å². The Bertz CT molecular complexity index is 567. The number of pyridine rings is 1. The van der Waals surface area contributed by atoms with Gasteiger partial charge in [-0.1, -0.05) is 17.8 Å². The Kier molecular flexibility index (Phi) is 4.13. The predicted octanol–water partition coefficient (Wildman–Crippen LogP) is 3.19. The van der Waals surface area contributed by atoms with E-state index < -0.39 is 11.0 Å². The third kappa shape index (κ3) is 3.52. The Balaban J connectivity index is 2.10. The number of nitro benzene ring substituents is 1. The number of nitro groups is 1. The van der Waals surface area contributed by atoms with Gasteiger partial charge in [-0.3, -0.25) is 10.1 Å². The summed E-state index contributed by atoms with van der Waals surface area (Å²) in [6.07, 6.45) is 1.09. The van der Waals surface area contributed by atoms with Crippen LogP contribution in [0.3, 0.4) is 0 Å². The van der Waals surface area contributed by atoms with Crippen molar-refractivity contribution >= 4 is 17.4 Å². The molecule has 0 bridgehead atoms. The molecule has 0 aliphatic carbocycles. The molecule has 0 saturated heterocycles. The molecule has 19 heavy (non-hydrogen) atoms. The average molecular weight is 276 g/mol. The zero-order valence-corrected chi connectivity index (χ0v) is 11.0. The van der Waals surface area contributed by atoms with Crippen LogP contribution in [0.25, 0.3) is 0 Å². The van der Waals surface area contributed by atoms with Crippen LogP contribution in [0.15, 0.2) is 52.5 Å². The van der Waals surface area contributed by atoms with Gasteiger partial charge >= 0.3 is 0 Å². The molecule has 0 fully saturated rings. The number of hydrogen-bond donors (Lipinski definition) is 1. The minimum Gasteiger partial charge on any atom is -0.389 e. The van der Waals surface area contributed by atoms with Crippen LogP contribution in [0.4, 0.5) is 5.69 Å². The van der Waals surface area contributed by atoms with E-state index in [1.54, 1.807) is 25.3 Å². The Morgan fingerprint density at radius 3 is 2.42 bits per heavy atom. The number of nitrogens with zero attached hydrogens (tertiary/aromatic N) is 2. The van der Waals surface area contributed by atoms with Crippen molar-refractivity contribution in [1.29, 1.82) is 0 Å². The highest BCUT2D eigenvalue weighted by molar-refractivity contribution is 7.99. The summed E-state index contributed by atoms with van der Waals surface area (Å²) < 4.78 is 0. The Morgan fingerprint density at radius 1 is 1.26 bits per heavy atom. The molecule has 0 saturated carbocycles. The first-order valence-corrected chi connectivity index (χ1v) is 6.44. The van der Waals surface area contributed by atoms with Crippen LogP contribution in [-0.4, -0.2) is 15.0 Å². The van der Waals surface area contributed by atoms with Gasteiger partial charge in [-0.2, -0.15) is 0 Å². The standard InChI is InChI=1S/C13H12N2O3S/c1-9(16)10-2-7-13(14-8-10)19-12-5-3-11(4-6-12)15(17)18/h2-9,16H,1H3/t9-/m0/s1. The molecular weight excluding hydrogens is 264 g/mol. The molecule has 2 rings (SSSR count). The molecule has 0 unspecified atom stereocenters. The SMILES string of the molecule is C[C@H](O)c1ccc(Sc2ccc([N+](=O)[O-])cc2)nc1. The summed E-state index contributed by atoms with van der Waals surface area (Å²) in [6.45, 7) is 1.68. The van der Waals surface area contributed by atoms with Gasteiger partial charge in [0, 0.05) is 23.2 Å². The first-order chi connectivity index (χ1) is 9.06. The summed E-state index contributed by atoms with van der Waals surface area (Å²) in [4.78, 5) is 15.2. The van der Waals surface area contributed by atoms with E-state index in [1.807, 2.05) is 12.1 Å². The maximum Gasteiger partial charge on any atom is 0.269 e. The minimum absolute atomic E-state index is 0.0711. The lowest BCUT2D eigenvalue weighted by Gasteiger charge is -2.05. The van der Waals surface area contributed by atoms with Gasteiger partial charge in [0.25, 0.3) is 5.69 Å². The van der Waals surface area contributed by atoms with Gasteiger partial charge in [-0.25, -0.2) is 4.98 Å². The molecule has 1 aromatic heterocycles. The zero-order valence-electron chi connectivity index (χ0n) is 10.2. The lowest BCUT2D eigenvalue weighted by atomic mass is 10.2. The molecule has 0 radical (unpaired) electrons. The van der Waals surface area contributed by atoms with Crippen molar-refractivity contribution < 1.29 is 10.0 Å². The summed E-state index contributed by atoms with van der Waals surface area (Å²) in [5.41, 5.74) is 0.829. The van der Waals surface area contributed by atoms with Crippen LogP contribution in [0.2, 0.25) is 0 Å². The average Bonchev–Trinajstić information content (AvgIpc) is 2.40. The van der Waals surface area contributed by atoms with Crippen molar-refractivity contribution in [3.63, 3.8) is 0 Å². The van der Waals surface area contributed by atoms with Crippen molar-refractivity contribution in [2.75, 3.05) is 0 Å². The second-order valence-corrected chi connectivity index (χ2v) is 5.05. The zero-order chi connectivity index (χ0) is 13.8. The first kappa shape index (κ1) is 13.5. The van der Waals surface area contributed by atoms with Gasteiger partial charge in [0.2, 0.25) is 0 Å². The number of aliphatic hydroxyl groups excluding tert-OH is 1. The molecular formula is C13H12N2O3S. The molecule has 0 amide bonds. The molecule has 6 heteroatoms. The lowest BCUT2D eigenvalue weighted by Crippen LogP contribution is -1.92. The maximum atomic E-state index is 10.5. The number of rotatable bonds is 4. The van der Waals surface area contributed by atoms with Crippen molar-refractivity contribution in [2.45, 2.75) is 22.9 Å². The van der Waals surface area contributed by atoms with Crippen molar-refractivity contribution in [3.8, 4) is 0 Å². The topological polar surface area (TPSA) is 76.3 Å². The van der Waals surface area contributed by atoms with Crippen LogP contribution < -0.4 is 0 Å². The highest BCUT2D eigenvalue weighted by Crippen LogP contribution is 2.28. The van der Waals surface area contributed by atoms with E-state index in [0.29, 0.717) is 0 Å². The second kappa shape index (κ2) is 5.81. The molecule has 0 spiro atoms. The van der Waals surface area contributed by atoms with Gasteiger partial charge in [-0.05, 0) is 30.7 Å². The van der Waals surface area contributed by atoms with Gasteiger partial charge < -0.3 is 5.11 Å². The molecule has 1 heterocycles. The molecule has 1 atom stereocenters. The fourth-order valence-corrected chi connectivity index (χ4v) is 2.21. The van der Waals surface area contributed by atoms with Gasteiger partial charge in [0.1, 0.15) is 5.03 Å². The van der Waals surface area contributed by atoms with Crippen LogP contribution in [0.1, 0.15) is 18.6 Å². The largest absolute Gasteiger partial charge is 0.389 e. The highest BCUT2D eigenvalue weighted by atomic mass is 32.2. The van der Waals surface area contributed by atoms with Crippen molar-refractivity contribution in [1.82, 2.24) is 4.98 Å². The second-order valence-electron chi connectivity index (χ2n) is 3.96. The number of non-ortho nitro benzene ring substituents is 1. The normalized spacial score (nSPS) is 12.1. The molecule has 0 aliphatic rings.